The standard InChI is InChI=1S/C25H24BrFN4O2S/c1-16-20-14-23(34-25(20)31(28-16)19-6-4-18(26)5-7-19)24(32)30-11-9-29(10-12-30)15-17-3-8-22(33-2)21(27)13-17/h3-8,13-14H,9-12,15H2,1-2H3. The Balaban J connectivity index is 1.27. The van der Waals surface area contributed by atoms with Gasteiger partial charge in [0.2, 0.25) is 0 Å². The molecule has 5 rings (SSSR count). The molecular formula is C25H24BrFN4O2S. The van der Waals surface area contributed by atoms with E-state index in [4.69, 9.17) is 4.74 Å². The third-order valence-electron chi connectivity index (χ3n) is 6.11. The highest BCUT2D eigenvalue weighted by molar-refractivity contribution is 9.10. The van der Waals surface area contributed by atoms with Crippen molar-refractivity contribution in [2.75, 3.05) is 33.3 Å². The van der Waals surface area contributed by atoms with Gasteiger partial charge in [0, 0.05) is 42.6 Å². The molecule has 4 aromatic rings. The molecule has 1 fully saturated rings. The number of rotatable bonds is 5. The molecule has 0 atom stereocenters. The Kier molecular flexibility index (Phi) is 6.42. The van der Waals surface area contributed by atoms with E-state index in [2.05, 4.69) is 25.9 Å². The van der Waals surface area contributed by atoms with Gasteiger partial charge in [-0.3, -0.25) is 9.69 Å². The first-order chi connectivity index (χ1) is 16.4. The molecule has 0 aliphatic carbocycles. The van der Waals surface area contributed by atoms with Crippen molar-refractivity contribution in [3.8, 4) is 11.4 Å². The van der Waals surface area contributed by atoms with E-state index in [9.17, 15) is 9.18 Å². The zero-order valence-electron chi connectivity index (χ0n) is 18.9. The molecule has 0 N–H and O–H groups in total. The van der Waals surface area contributed by atoms with Crippen LogP contribution in [0.5, 0.6) is 5.75 Å². The lowest BCUT2D eigenvalue weighted by molar-refractivity contribution is 0.0633. The molecule has 1 aliphatic heterocycles. The number of amides is 1. The van der Waals surface area contributed by atoms with E-state index in [-0.39, 0.29) is 17.5 Å². The zero-order valence-corrected chi connectivity index (χ0v) is 21.3. The summed E-state index contributed by atoms with van der Waals surface area (Å²) in [4.78, 5) is 19.1. The van der Waals surface area contributed by atoms with E-state index in [1.54, 1.807) is 6.07 Å². The van der Waals surface area contributed by atoms with Crippen molar-refractivity contribution >= 4 is 43.4 Å². The van der Waals surface area contributed by atoms with Crippen LogP contribution in [-0.2, 0) is 6.54 Å². The van der Waals surface area contributed by atoms with Crippen molar-refractivity contribution in [1.29, 1.82) is 0 Å². The smallest absolute Gasteiger partial charge is 0.264 e. The van der Waals surface area contributed by atoms with Gasteiger partial charge in [-0.15, -0.1) is 11.3 Å². The molecule has 2 aromatic carbocycles. The van der Waals surface area contributed by atoms with Crippen LogP contribution >= 0.6 is 27.3 Å². The SMILES string of the molecule is COc1ccc(CN2CCN(C(=O)c3cc4c(C)nn(-c5ccc(Br)cc5)c4s3)CC2)cc1F. The van der Waals surface area contributed by atoms with Gasteiger partial charge in [0.15, 0.2) is 11.6 Å². The number of carbonyl (C=O) groups is 1. The minimum atomic E-state index is -0.351. The van der Waals surface area contributed by atoms with Crippen LogP contribution in [0.3, 0.4) is 0 Å². The minimum Gasteiger partial charge on any atom is -0.494 e. The molecular weight excluding hydrogens is 519 g/mol. The Hall–Kier alpha value is -2.75. The average Bonchev–Trinajstić information content (AvgIpc) is 3.40. The zero-order chi connectivity index (χ0) is 23.8. The highest BCUT2D eigenvalue weighted by atomic mass is 79.9. The van der Waals surface area contributed by atoms with Gasteiger partial charge < -0.3 is 9.64 Å². The molecule has 34 heavy (non-hydrogen) atoms. The molecule has 6 nitrogen and oxygen atoms in total. The number of hydrogen-bond donors (Lipinski definition) is 0. The summed E-state index contributed by atoms with van der Waals surface area (Å²) in [6.07, 6.45) is 0. The summed E-state index contributed by atoms with van der Waals surface area (Å²) >= 11 is 4.95. The van der Waals surface area contributed by atoms with Crippen LogP contribution in [0.25, 0.3) is 15.9 Å². The van der Waals surface area contributed by atoms with Crippen LogP contribution in [-0.4, -0.2) is 58.8 Å². The number of piperazine rings is 1. The number of halogens is 2. The molecule has 0 unspecified atom stereocenters. The van der Waals surface area contributed by atoms with Gasteiger partial charge in [0.05, 0.1) is 23.4 Å². The van der Waals surface area contributed by atoms with E-state index < -0.39 is 0 Å². The molecule has 1 aliphatic rings. The largest absolute Gasteiger partial charge is 0.494 e. The van der Waals surface area contributed by atoms with Gasteiger partial charge in [-0.2, -0.15) is 5.10 Å². The molecule has 0 spiro atoms. The first-order valence-corrected chi connectivity index (χ1v) is 12.6. The molecule has 0 radical (unpaired) electrons. The van der Waals surface area contributed by atoms with Crippen molar-refractivity contribution < 1.29 is 13.9 Å². The number of carbonyl (C=O) groups excluding carboxylic acids is 1. The van der Waals surface area contributed by atoms with Gasteiger partial charge in [-0.05, 0) is 55.0 Å². The van der Waals surface area contributed by atoms with Crippen LogP contribution in [0.2, 0.25) is 0 Å². The topological polar surface area (TPSA) is 50.6 Å². The predicted octanol–water partition coefficient (Wildman–Crippen LogP) is 5.26. The second-order valence-electron chi connectivity index (χ2n) is 8.34. The first kappa shape index (κ1) is 23.0. The van der Waals surface area contributed by atoms with E-state index in [0.29, 0.717) is 19.6 Å². The first-order valence-electron chi connectivity index (χ1n) is 11.0. The number of methoxy groups -OCH3 is 1. The van der Waals surface area contributed by atoms with Gasteiger partial charge in [0.1, 0.15) is 4.83 Å². The lowest BCUT2D eigenvalue weighted by atomic mass is 10.1. The van der Waals surface area contributed by atoms with E-state index >= 15 is 0 Å². The second-order valence-corrected chi connectivity index (χ2v) is 10.3. The molecule has 1 amide bonds. The Morgan fingerprint density at radius 2 is 1.85 bits per heavy atom. The van der Waals surface area contributed by atoms with Crippen LogP contribution in [0, 0.1) is 12.7 Å². The summed E-state index contributed by atoms with van der Waals surface area (Å²) in [6.45, 7) is 5.40. The molecule has 176 valence electrons. The molecule has 9 heteroatoms. The number of aromatic nitrogens is 2. The van der Waals surface area contributed by atoms with E-state index in [1.807, 2.05) is 52.9 Å². The van der Waals surface area contributed by atoms with Gasteiger partial charge in [-0.25, -0.2) is 9.07 Å². The van der Waals surface area contributed by atoms with Crippen molar-refractivity contribution in [3.63, 3.8) is 0 Å². The van der Waals surface area contributed by atoms with E-state index in [1.165, 1.54) is 24.5 Å². The number of fused-ring (bicyclic) bond motifs is 1. The Labute approximate surface area is 209 Å². The van der Waals surface area contributed by atoms with Gasteiger partial charge in [-0.1, -0.05) is 22.0 Å². The maximum Gasteiger partial charge on any atom is 0.264 e. The highest BCUT2D eigenvalue weighted by Gasteiger charge is 2.25. The highest BCUT2D eigenvalue weighted by Crippen LogP contribution is 2.31. The summed E-state index contributed by atoms with van der Waals surface area (Å²) in [7, 11) is 1.46. The number of hydrogen-bond acceptors (Lipinski definition) is 5. The van der Waals surface area contributed by atoms with Crippen LogP contribution < -0.4 is 4.74 Å². The van der Waals surface area contributed by atoms with Crippen molar-refractivity contribution in [2.24, 2.45) is 0 Å². The minimum absolute atomic E-state index is 0.0538. The third kappa shape index (κ3) is 4.47. The summed E-state index contributed by atoms with van der Waals surface area (Å²) in [5.41, 5.74) is 2.77. The van der Waals surface area contributed by atoms with E-state index in [0.717, 1.165) is 49.6 Å². The number of benzene rings is 2. The monoisotopic (exact) mass is 542 g/mol. The quantitative estimate of drug-likeness (QED) is 0.345. The van der Waals surface area contributed by atoms with Crippen LogP contribution in [0.1, 0.15) is 20.9 Å². The third-order valence-corrected chi connectivity index (χ3v) is 7.74. The maximum absolute atomic E-state index is 14.0. The van der Waals surface area contributed by atoms with Crippen LogP contribution in [0.15, 0.2) is 53.0 Å². The van der Waals surface area contributed by atoms with Crippen molar-refractivity contribution in [1.82, 2.24) is 19.6 Å². The maximum atomic E-state index is 14.0. The van der Waals surface area contributed by atoms with Crippen LogP contribution in [0.4, 0.5) is 4.39 Å². The number of thiophene rings is 1. The molecule has 0 saturated carbocycles. The fourth-order valence-electron chi connectivity index (χ4n) is 4.24. The Morgan fingerprint density at radius 3 is 2.53 bits per heavy atom. The lowest BCUT2D eigenvalue weighted by Crippen LogP contribution is -2.48. The molecule has 0 bridgehead atoms. The summed E-state index contributed by atoms with van der Waals surface area (Å²) in [6, 6.07) is 15.0. The summed E-state index contributed by atoms with van der Waals surface area (Å²) < 4.78 is 21.9. The van der Waals surface area contributed by atoms with Gasteiger partial charge >= 0.3 is 0 Å². The fraction of sp³-hybridized carbons (Fsp3) is 0.280. The number of aryl methyl sites for hydroxylation is 1. The molecule has 3 heterocycles. The number of ether oxygens (including phenoxy) is 1. The van der Waals surface area contributed by atoms with Crippen molar-refractivity contribution in [3.05, 3.63) is 75.0 Å². The average molecular weight is 543 g/mol. The molecule has 1 saturated heterocycles. The van der Waals surface area contributed by atoms with Crippen molar-refractivity contribution in [2.45, 2.75) is 13.5 Å². The summed E-state index contributed by atoms with van der Waals surface area (Å²) in [5.74, 6) is -0.0466. The predicted molar refractivity (Wildman–Crippen MR) is 136 cm³/mol. The summed E-state index contributed by atoms with van der Waals surface area (Å²) in [5, 5.41) is 5.69. The van der Waals surface area contributed by atoms with Gasteiger partial charge in [0.25, 0.3) is 5.91 Å². The number of nitrogens with zero attached hydrogens (tertiary/aromatic N) is 4. The Bertz CT molecular complexity index is 1340. The lowest BCUT2D eigenvalue weighted by Gasteiger charge is -2.34. The molecule has 2 aromatic heterocycles. The fourth-order valence-corrected chi connectivity index (χ4v) is 5.66. The normalized spacial score (nSPS) is 14.6. The Morgan fingerprint density at radius 1 is 1.12 bits per heavy atom. The second kappa shape index (κ2) is 9.48.